The minimum Gasteiger partial charge on any atom is -0.336 e. The number of hydrogen-bond acceptors (Lipinski definition) is 2. The van der Waals surface area contributed by atoms with Crippen LogP contribution in [0.15, 0.2) is 12.1 Å². The number of nitrogens with zero attached hydrogens (tertiary/aromatic N) is 2. The van der Waals surface area contributed by atoms with Crippen molar-refractivity contribution in [1.82, 2.24) is 9.88 Å². The molecule has 0 atom stereocenters. The minimum absolute atomic E-state index is 0.0303. The molecule has 0 unspecified atom stereocenters. The van der Waals surface area contributed by atoms with Gasteiger partial charge in [-0.2, -0.15) is 0 Å². The van der Waals surface area contributed by atoms with Crippen molar-refractivity contribution in [2.45, 2.75) is 47.1 Å². The van der Waals surface area contributed by atoms with Crippen molar-refractivity contribution < 1.29 is 4.79 Å². The first-order valence-corrected chi connectivity index (χ1v) is 7.20. The Morgan fingerprint density at radius 2 is 1.95 bits per heavy atom. The largest absolute Gasteiger partial charge is 0.336 e. The van der Waals surface area contributed by atoms with E-state index in [0.717, 1.165) is 18.7 Å². The van der Waals surface area contributed by atoms with E-state index in [2.05, 4.69) is 18.8 Å². The Morgan fingerprint density at radius 1 is 1.32 bits per heavy atom. The highest BCUT2D eigenvalue weighted by Gasteiger charge is 2.20. The third kappa shape index (κ3) is 4.50. The van der Waals surface area contributed by atoms with Gasteiger partial charge < -0.3 is 4.90 Å². The van der Waals surface area contributed by atoms with Crippen molar-refractivity contribution in [2.75, 3.05) is 6.54 Å². The molecule has 0 fully saturated rings. The van der Waals surface area contributed by atoms with Gasteiger partial charge in [0.2, 0.25) is 0 Å². The van der Waals surface area contributed by atoms with Crippen LogP contribution >= 0.6 is 11.6 Å². The molecule has 0 saturated carbocycles. The zero-order valence-electron chi connectivity index (χ0n) is 12.4. The van der Waals surface area contributed by atoms with Gasteiger partial charge in [-0.25, -0.2) is 4.98 Å². The number of rotatable bonds is 5. The molecule has 1 amide bonds. The van der Waals surface area contributed by atoms with Crippen LogP contribution in [-0.2, 0) is 6.42 Å². The van der Waals surface area contributed by atoms with Crippen molar-refractivity contribution in [3.05, 3.63) is 28.5 Å². The maximum absolute atomic E-state index is 12.6. The van der Waals surface area contributed by atoms with Crippen LogP contribution in [0.1, 0.15) is 50.7 Å². The Bertz CT molecular complexity index is 444. The lowest BCUT2D eigenvalue weighted by Gasteiger charge is -2.28. The standard InChI is InChI=1S/C15H23ClN2O/c1-6-13-7-12(8-14(16)17-13)15(19)18(11(4)5)9-10(2)3/h7-8,10-11H,6,9H2,1-5H3. The third-order valence-electron chi connectivity index (χ3n) is 2.90. The van der Waals surface area contributed by atoms with Gasteiger partial charge in [0.1, 0.15) is 5.15 Å². The van der Waals surface area contributed by atoms with Crippen LogP contribution in [0.5, 0.6) is 0 Å². The maximum atomic E-state index is 12.6. The molecule has 3 nitrogen and oxygen atoms in total. The van der Waals surface area contributed by atoms with Gasteiger partial charge in [0.05, 0.1) is 0 Å². The molecule has 1 heterocycles. The summed E-state index contributed by atoms with van der Waals surface area (Å²) in [6, 6.07) is 3.66. The van der Waals surface area contributed by atoms with Crippen LogP contribution in [0.2, 0.25) is 5.15 Å². The summed E-state index contributed by atoms with van der Waals surface area (Å²) in [5.41, 5.74) is 1.48. The SMILES string of the molecule is CCc1cc(C(=O)N(CC(C)C)C(C)C)cc(Cl)n1. The second kappa shape index (κ2) is 6.90. The molecule has 0 aliphatic carbocycles. The van der Waals surface area contributed by atoms with E-state index in [0.29, 0.717) is 16.6 Å². The lowest BCUT2D eigenvalue weighted by molar-refractivity contribution is 0.0681. The lowest BCUT2D eigenvalue weighted by Crippen LogP contribution is -2.39. The van der Waals surface area contributed by atoms with Crippen molar-refractivity contribution >= 4 is 17.5 Å². The molecule has 1 aromatic heterocycles. The molecule has 0 N–H and O–H groups in total. The summed E-state index contributed by atoms with van der Waals surface area (Å²) in [5, 5.41) is 0.385. The first-order valence-electron chi connectivity index (χ1n) is 6.82. The highest BCUT2D eigenvalue weighted by atomic mass is 35.5. The van der Waals surface area contributed by atoms with Gasteiger partial charge in [-0.05, 0) is 38.3 Å². The summed E-state index contributed by atoms with van der Waals surface area (Å²) in [5.74, 6) is 0.469. The number of carbonyl (C=O) groups excluding carboxylic acids is 1. The van der Waals surface area contributed by atoms with Gasteiger partial charge in [-0.15, -0.1) is 0 Å². The molecule has 106 valence electrons. The fourth-order valence-electron chi connectivity index (χ4n) is 1.94. The van der Waals surface area contributed by atoms with Crippen LogP contribution in [0.25, 0.3) is 0 Å². The summed E-state index contributed by atoms with van der Waals surface area (Å²) >= 11 is 5.98. The summed E-state index contributed by atoms with van der Waals surface area (Å²) in [4.78, 5) is 18.7. The first-order chi connectivity index (χ1) is 8.85. The van der Waals surface area contributed by atoms with E-state index in [-0.39, 0.29) is 11.9 Å². The molecule has 0 bridgehead atoms. The topological polar surface area (TPSA) is 33.2 Å². The molecule has 1 rings (SSSR count). The Morgan fingerprint density at radius 3 is 2.42 bits per heavy atom. The first kappa shape index (κ1) is 16.0. The molecule has 0 radical (unpaired) electrons. The second-order valence-corrected chi connectivity index (χ2v) is 5.86. The molecule has 1 aromatic rings. The zero-order valence-corrected chi connectivity index (χ0v) is 13.2. The molecule has 0 aliphatic heterocycles. The van der Waals surface area contributed by atoms with Gasteiger partial charge in [0, 0.05) is 23.8 Å². The highest BCUT2D eigenvalue weighted by molar-refractivity contribution is 6.29. The molecular weight excluding hydrogens is 260 g/mol. The van der Waals surface area contributed by atoms with E-state index < -0.39 is 0 Å². The minimum atomic E-state index is 0.0303. The fraction of sp³-hybridized carbons (Fsp3) is 0.600. The number of pyridine rings is 1. The predicted octanol–water partition coefficient (Wildman–Crippen LogP) is 3.80. The number of hydrogen-bond donors (Lipinski definition) is 0. The zero-order chi connectivity index (χ0) is 14.6. The van der Waals surface area contributed by atoms with E-state index >= 15 is 0 Å². The van der Waals surface area contributed by atoms with Gasteiger partial charge in [0.15, 0.2) is 0 Å². The quantitative estimate of drug-likeness (QED) is 0.770. The molecule has 19 heavy (non-hydrogen) atoms. The summed E-state index contributed by atoms with van der Waals surface area (Å²) in [6.07, 6.45) is 0.771. The van der Waals surface area contributed by atoms with Crippen LogP contribution in [0.4, 0.5) is 0 Å². The van der Waals surface area contributed by atoms with Gasteiger partial charge >= 0.3 is 0 Å². The number of aryl methyl sites for hydroxylation is 1. The van der Waals surface area contributed by atoms with E-state index in [1.54, 1.807) is 6.07 Å². The van der Waals surface area contributed by atoms with Gasteiger partial charge in [-0.1, -0.05) is 32.4 Å². The van der Waals surface area contributed by atoms with E-state index in [1.807, 2.05) is 31.7 Å². The molecule has 0 aliphatic rings. The second-order valence-electron chi connectivity index (χ2n) is 5.47. The number of amides is 1. The summed E-state index contributed by atoms with van der Waals surface area (Å²) in [7, 11) is 0. The molecule has 0 aromatic carbocycles. The lowest BCUT2D eigenvalue weighted by atomic mass is 10.1. The molecule has 0 spiro atoms. The van der Waals surface area contributed by atoms with Crippen LogP contribution in [-0.4, -0.2) is 28.4 Å². The van der Waals surface area contributed by atoms with Crippen molar-refractivity contribution in [3.63, 3.8) is 0 Å². The molecule has 4 heteroatoms. The average Bonchev–Trinajstić information content (AvgIpc) is 2.33. The van der Waals surface area contributed by atoms with E-state index in [1.165, 1.54) is 0 Å². The number of carbonyl (C=O) groups is 1. The Labute approximate surface area is 121 Å². The van der Waals surface area contributed by atoms with Crippen molar-refractivity contribution in [3.8, 4) is 0 Å². The summed E-state index contributed by atoms with van der Waals surface area (Å²) < 4.78 is 0. The third-order valence-corrected chi connectivity index (χ3v) is 3.10. The van der Waals surface area contributed by atoms with Crippen molar-refractivity contribution in [2.24, 2.45) is 5.92 Å². The maximum Gasteiger partial charge on any atom is 0.254 e. The van der Waals surface area contributed by atoms with Crippen molar-refractivity contribution in [1.29, 1.82) is 0 Å². The molecular formula is C15H23ClN2O. The van der Waals surface area contributed by atoms with E-state index in [4.69, 9.17) is 11.6 Å². The summed E-state index contributed by atoms with van der Waals surface area (Å²) in [6.45, 7) is 11.0. The Balaban J connectivity index is 3.05. The Hall–Kier alpha value is -1.09. The van der Waals surface area contributed by atoms with E-state index in [9.17, 15) is 4.79 Å². The number of aromatic nitrogens is 1. The molecule has 0 saturated heterocycles. The fourth-order valence-corrected chi connectivity index (χ4v) is 2.17. The normalized spacial score (nSPS) is 11.2. The van der Waals surface area contributed by atoms with Crippen LogP contribution in [0.3, 0.4) is 0 Å². The van der Waals surface area contributed by atoms with Crippen LogP contribution in [0, 0.1) is 5.92 Å². The predicted molar refractivity (Wildman–Crippen MR) is 79.6 cm³/mol. The Kier molecular flexibility index (Phi) is 5.80. The monoisotopic (exact) mass is 282 g/mol. The smallest absolute Gasteiger partial charge is 0.254 e. The highest BCUT2D eigenvalue weighted by Crippen LogP contribution is 2.16. The van der Waals surface area contributed by atoms with Gasteiger partial charge in [0.25, 0.3) is 5.91 Å². The van der Waals surface area contributed by atoms with Crippen LogP contribution < -0.4 is 0 Å². The van der Waals surface area contributed by atoms with Gasteiger partial charge in [-0.3, -0.25) is 4.79 Å². The average molecular weight is 283 g/mol. The number of halogens is 1.